The predicted octanol–water partition coefficient (Wildman–Crippen LogP) is 0.957. The highest BCUT2D eigenvalue weighted by molar-refractivity contribution is 5.11. The minimum Gasteiger partial charge on any atom is -0.392 e. The average Bonchev–Trinajstić information content (AvgIpc) is 2.44. The summed E-state index contributed by atoms with van der Waals surface area (Å²) in [6.45, 7) is 4.08. The molecule has 2 heteroatoms. The topological polar surface area (TPSA) is 29.5 Å². The van der Waals surface area contributed by atoms with E-state index < -0.39 is 0 Å². The number of ether oxygens (including phenoxy) is 1. The first-order valence-electron chi connectivity index (χ1n) is 4.22. The van der Waals surface area contributed by atoms with Crippen LogP contribution >= 0.6 is 0 Å². The van der Waals surface area contributed by atoms with Gasteiger partial charge in [-0.15, -0.1) is 0 Å². The molecular weight excluding hydrogens is 140 g/mol. The van der Waals surface area contributed by atoms with Gasteiger partial charge in [0.2, 0.25) is 0 Å². The molecule has 4 unspecified atom stereocenters. The third-order valence-corrected chi connectivity index (χ3v) is 2.92. The number of aliphatic hydroxyl groups excluding tert-OH is 1. The van der Waals surface area contributed by atoms with E-state index in [0.717, 1.165) is 0 Å². The van der Waals surface area contributed by atoms with E-state index in [1.54, 1.807) is 0 Å². The molecule has 2 bridgehead atoms. The molecule has 11 heavy (non-hydrogen) atoms. The van der Waals surface area contributed by atoms with Gasteiger partial charge in [-0.3, -0.25) is 0 Å². The van der Waals surface area contributed by atoms with Crippen molar-refractivity contribution in [1.82, 2.24) is 0 Å². The van der Waals surface area contributed by atoms with Crippen LogP contribution in [0, 0.1) is 11.8 Å². The number of hydrogen-bond donors (Lipinski definition) is 1. The third-order valence-electron chi connectivity index (χ3n) is 2.92. The molecule has 0 radical (unpaired) electrons. The maximum absolute atomic E-state index is 9.71. The standard InChI is InChI=1S/C9H14O2/c1-5-7-3-4-8(11-7)6(2)9(5)10/h3-10H,1-2H3. The smallest absolute Gasteiger partial charge is 0.0815 e. The molecule has 0 spiro atoms. The Kier molecular flexibility index (Phi) is 1.55. The van der Waals surface area contributed by atoms with E-state index in [1.165, 1.54) is 0 Å². The fraction of sp³-hybridized carbons (Fsp3) is 0.778. The third kappa shape index (κ3) is 0.932. The van der Waals surface area contributed by atoms with E-state index in [-0.39, 0.29) is 30.1 Å². The number of fused-ring (bicyclic) bond motifs is 2. The number of aliphatic hydroxyl groups is 1. The zero-order valence-electron chi connectivity index (χ0n) is 6.90. The summed E-state index contributed by atoms with van der Waals surface area (Å²) in [5, 5.41) is 9.71. The average molecular weight is 154 g/mol. The monoisotopic (exact) mass is 154 g/mol. The molecule has 2 nitrogen and oxygen atoms in total. The number of rotatable bonds is 0. The van der Waals surface area contributed by atoms with Crippen LogP contribution in [0.25, 0.3) is 0 Å². The zero-order chi connectivity index (χ0) is 8.01. The van der Waals surface area contributed by atoms with Crippen molar-refractivity contribution in [3.8, 4) is 0 Å². The minimum atomic E-state index is -0.200. The maximum Gasteiger partial charge on any atom is 0.0815 e. The van der Waals surface area contributed by atoms with Crippen LogP contribution in [0.2, 0.25) is 0 Å². The first-order chi connectivity index (χ1) is 5.20. The lowest BCUT2D eigenvalue weighted by molar-refractivity contribution is -0.116. The molecule has 2 aliphatic heterocycles. The molecule has 0 aromatic rings. The lowest BCUT2D eigenvalue weighted by Crippen LogP contribution is -2.44. The Hall–Kier alpha value is -0.340. The van der Waals surface area contributed by atoms with Gasteiger partial charge in [-0.25, -0.2) is 0 Å². The summed E-state index contributed by atoms with van der Waals surface area (Å²) in [4.78, 5) is 0. The molecule has 0 saturated carbocycles. The van der Waals surface area contributed by atoms with E-state index in [4.69, 9.17) is 4.74 Å². The van der Waals surface area contributed by atoms with Crippen molar-refractivity contribution >= 4 is 0 Å². The molecule has 2 rings (SSSR count). The summed E-state index contributed by atoms with van der Waals surface area (Å²) < 4.78 is 5.62. The first-order valence-corrected chi connectivity index (χ1v) is 4.22. The SMILES string of the molecule is CC1C2C=CC(O2)C(C)C1O. The highest BCUT2D eigenvalue weighted by Crippen LogP contribution is 2.35. The second-order valence-corrected chi connectivity index (χ2v) is 3.66. The van der Waals surface area contributed by atoms with Gasteiger partial charge in [0.1, 0.15) is 0 Å². The summed E-state index contributed by atoms with van der Waals surface area (Å²) in [5.74, 6) is 0.500. The lowest BCUT2D eigenvalue weighted by Gasteiger charge is -2.36. The fourth-order valence-corrected chi connectivity index (χ4v) is 1.96. The molecular formula is C9H14O2. The van der Waals surface area contributed by atoms with Gasteiger partial charge in [0.05, 0.1) is 18.3 Å². The van der Waals surface area contributed by atoms with Crippen LogP contribution in [-0.2, 0) is 4.74 Å². The minimum absolute atomic E-state index is 0.159. The van der Waals surface area contributed by atoms with Crippen LogP contribution in [-0.4, -0.2) is 23.4 Å². The normalized spacial score (nSPS) is 55.0. The van der Waals surface area contributed by atoms with Crippen LogP contribution in [0.4, 0.5) is 0 Å². The van der Waals surface area contributed by atoms with E-state index in [2.05, 4.69) is 12.2 Å². The molecule has 2 aliphatic rings. The molecule has 4 atom stereocenters. The second-order valence-electron chi connectivity index (χ2n) is 3.66. The molecule has 0 aliphatic carbocycles. The van der Waals surface area contributed by atoms with Crippen LogP contribution in [0.3, 0.4) is 0 Å². The van der Waals surface area contributed by atoms with Crippen molar-refractivity contribution in [2.45, 2.75) is 32.2 Å². The molecule has 62 valence electrons. The van der Waals surface area contributed by atoms with Crippen LogP contribution in [0.1, 0.15) is 13.8 Å². The summed E-state index contributed by atoms with van der Waals surface area (Å²) in [5.41, 5.74) is 0. The fourth-order valence-electron chi connectivity index (χ4n) is 1.96. The van der Waals surface area contributed by atoms with Crippen molar-refractivity contribution < 1.29 is 9.84 Å². The van der Waals surface area contributed by atoms with Gasteiger partial charge in [-0.05, 0) is 0 Å². The molecule has 0 amide bonds. The largest absolute Gasteiger partial charge is 0.392 e. The zero-order valence-corrected chi connectivity index (χ0v) is 6.90. The van der Waals surface area contributed by atoms with Gasteiger partial charge in [-0.1, -0.05) is 26.0 Å². The Morgan fingerprint density at radius 1 is 1.09 bits per heavy atom. The summed E-state index contributed by atoms with van der Waals surface area (Å²) in [6.07, 6.45) is 4.26. The molecule has 0 aromatic heterocycles. The second kappa shape index (κ2) is 2.32. The first kappa shape index (κ1) is 7.32. The Labute approximate surface area is 66.9 Å². The highest BCUT2D eigenvalue weighted by Gasteiger charge is 2.41. The quantitative estimate of drug-likeness (QED) is 0.526. The maximum atomic E-state index is 9.71. The Morgan fingerprint density at radius 2 is 1.55 bits per heavy atom. The van der Waals surface area contributed by atoms with E-state index in [9.17, 15) is 5.11 Å². The van der Waals surface area contributed by atoms with Crippen molar-refractivity contribution in [1.29, 1.82) is 0 Å². The van der Waals surface area contributed by atoms with Crippen LogP contribution in [0.5, 0.6) is 0 Å². The lowest BCUT2D eigenvalue weighted by atomic mass is 9.86. The Bertz CT molecular complexity index is 170. The Morgan fingerprint density at radius 3 is 2.00 bits per heavy atom. The van der Waals surface area contributed by atoms with Gasteiger partial charge in [0, 0.05) is 11.8 Å². The van der Waals surface area contributed by atoms with E-state index in [1.807, 2.05) is 13.8 Å². The molecule has 1 N–H and O–H groups in total. The highest BCUT2D eigenvalue weighted by atomic mass is 16.5. The predicted molar refractivity (Wildman–Crippen MR) is 42.1 cm³/mol. The van der Waals surface area contributed by atoms with Crippen molar-refractivity contribution in [3.05, 3.63) is 12.2 Å². The van der Waals surface area contributed by atoms with Crippen molar-refractivity contribution in [2.75, 3.05) is 0 Å². The van der Waals surface area contributed by atoms with Gasteiger partial charge in [0.15, 0.2) is 0 Å². The van der Waals surface area contributed by atoms with Crippen LogP contribution in [0.15, 0.2) is 12.2 Å². The van der Waals surface area contributed by atoms with Gasteiger partial charge in [-0.2, -0.15) is 0 Å². The Balaban J connectivity index is 2.22. The van der Waals surface area contributed by atoms with Gasteiger partial charge in [0.25, 0.3) is 0 Å². The van der Waals surface area contributed by atoms with E-state index in [0.29, 0.717) is 0 Å². The molecule has 0 aromatic carbocycles. The van der Waals surface area contributed by atoms with Gasteiger partial charge < -0.3 is 9.84 Å². The van der Waals surface area contributed by atoms with Crippen LogP contribution < -0.4 is 0 Å². The van der Waals surface area contributed by atoms with E-state index >= 15 is 0 Å². The van der Waals surface area contributed by atoms with Crippen molar-refractivity contribution in [3.63, 3.8) is 0 Å². The summed E-state index contributed by atoms with van der Waals surface area (Å²) in [7, 11) is 0. The molecule has 2 heterocycles. The van der Waals surface area contributed by atoms with Gasteiger partial charge >= 0.3 is 0 Å². The molecule has 1 fully saturated rings. The summed E-state index contributed by atoms with van der Waals surface area (Å²) >= 11 is 0. The molecule has 1 saturated heterocycles. The number of hydrogen-bond acceptors (Lipinski definition) is 2. The summed E-state index contributed by atoms with van der Waals surface area (Å²) in [6, 6.07) is 0. The van der Waals surface area contributed by atoms with Crippen molar-refractivity contribution in [2.24, 2.45) is 11.8 Å².